The molecule has 0 atom stereocenters. The second kappa shape index (κ2) is 8.85. The average molecular weight is 200 g/mol. The van der Waals surface area contributed by atoms with Crippen LogP contribution in [0, 0.1) is 5.92 Å². The Labute approximate surface area is 87.6 Å². The van der Waals surface area contributed by atoms with E-state index in [2.05, 4.69) is 24.5 Å². The Bertz CT molecular complexity index is 146. The van der Waals surface area contributed by atoms with Crippen molar-refractivity contribution in [1.29, 1.82) is 0 Å². The molecule has 0 saturated heterocycles. The molecule has 3 heteroatoms. The van der Waals surface area contributed by atoms with Crippen molar-refractivity contribution < 1.29 is 4.79 Å². The fourth-order valence-corrected chi connectivity index (χ4v) is 1.18. The highest BCUT2D eigenvalue weighted by atomic mass is 16.2. The lowest BCUT2D eigenvalue weighted by molar-refractivity contribution is 0.240. The van der Waals surface area contributed by atoms with Crippen LogP contribution in [0.3, 0.4) is 0 Å². The minimum Gasteiger partial charge on any atom is -0.338 e. The van der Waals surface area contributed by atoms with Gasteiger partial charge in [0.25, 0.3) is 0 Å². The lowest BCUT2D eigenvalue weighted by Crippen LogP contribution is -2.36. The van der Waals surface area contributed by atoms with Crippen LogP contribution in [-0.2, 0) is 0 Å². The maximum absolute atomic E-state index is 11.1. The standard InChI is InChI=1S/C11H24N2O/c1-4-8-12-11(14)13-9-6-5-7-10(2)3/h10H,4-9H2,1-3H3,(H2,12,13,14). The van der Waals surface area contributed by atoms with E-state index in [0.29, 0.717) is 0 Å². The van der Waals surface area contributed by atoms with E-state index >= 15 is 0 Å². The van der Waals surface area contributed by atoms with Gasteiger partial charge in [-0.25, -0.2) is 4.79 Å². The van der Waals surface area contributed by atoms with Gasteiger partial charge in [-0.2, -0.15) is 0 Å². The fourth-order valence-electron chi connectivity index (χ4n) is 1.18. The molecule has 14 heavy (non-hydrogen) atoms. The Hall–Kier alpha value is -0.730. The van der Waals surface area contributed by atoms with Crippen LogP contribution in [0.25, 0.3) is 0 Å². The van der Waals surface area contributed by atoms with E-state index < -0.39 is 0 Å². The third-order valence-electron chi connectivity index (χ3n) is 2.03. The summed E-state index contributed by atoms with van der Waals surface area (Å²) in [5, 5.41) is 5.62. The summed E-state index contributed by atoms with van der Waals surface area (Å²) in [6, 6.07) is -0.0311. The molecule has 0 fully saturated rings. The number of carbonyl (C=O) groups is 1. The van der Waals surface area contributed by atoms with Crippen molar-refractivity contribution in [2.45, 2.75) is 46.5 Å². The van der Waals surface area contributed by atoms with E-state index in [0.717, 1.165) is 31.8 Å². The van der Waals surface area contributed by atoms with Crippen LogP contribution >= 0.6 is 0 Å². The van der Waals surface area contributed by atoms with Crippen LogP contribution in [0.4, 0.5) is 4.79 Å². The predicted molar refractivity (Wildman–Crippen MR) is 60.4 cm³/mol. The van der Waals surface area contributed by atoms with Gasteiger partial charge >= 0.3 is 6.03 Å². The van der Waals surface area contributed by atoms with Gasteiger partial charge < -0.3 is 10.6 Å². The SMILES string of the molecule is CCCNC(=O)NCCCCC(C)C. The van der Waals surface area contributed by atoms with Gasteiger partial charge in [0.15, 0.2) is 0 Å². The van der Waals surface area contributed by atoms with Gasteiger partial charge in [-0.05, 0) is 18.8 Å². The summed E-state index contributed by atoms with van der Waals surface area (Å²) in [4.78, 5) is 11.1. The van der Waals surface area contributed by atoms with Crippen molar-refractivity contribution in [2.75, 3.05) is 13.1 Å². The molecule has 0 spiro atoms. The molecule has 0 rings (SSSR count). The summed E-state index contributed by atoms with van der Waals surface area (Å²) in [7, 11) is 0. The molecule has 0 unspecified atom stereocenters. The van der Waals surface area contributed by atoms with Gasteiger partial charge in [0, 0.05) is 13.1 Å². The largest absolute Gasteiger partial charge is 0.338 e. The molecule has 0 radical (unpaired) electrons. The molecule has 0 aromatic heterocycles. The summed E-state index contributed by atoms with van der Waals surface area (Å²) < 4.78 is 0. The Morgan fingerprint density at radius 1 is 1.14 bits per heavy atom. The second-order valence-electron chi connectivity index (χ2n) is 4.07. The molecule has 2 amide bonds. The molecule has 0 saturated carbocycles. The number of amides is 2. The zero-order chi connectivity index (χ0) is 10.8. The predicted octanol–water partition coefficient (Wildman–Crippen LogP) is 2.52. The zero-order valence-electron chi connectivity index (χ0n) is 9.73. The second-order valence-corrected chi connectivity index (χ2v) is 4.07. The maximum Gasteiger partial charge on any atom is 0.314 e. The number of rotatable bonds is 7. The summed E-state index contributed by atoms with van der Waals surface area (Å²) >= 11 is 0. The number of hydrogen-bond donors (Lipinski definition) is 2. The molecule has 3 nitrogen and oxygen atoms in total. The third-order valence-corrected chi connectivity index (χ3v) is 2.03. The number of nitrogens with one attached hydrogen (secondary N) is 2. The summed E-state index contributed by atoms with van der Waals surface area (Å²) in [5.41, 5.74) is 0. The lowest BCUT2D eigenvalue weighted by atomic mass is 10.1. The Morgan fingerprint density at radius 3 is 2.36 bits per heavy atom. The number of unbranched alkanes of at least 4 members (excludes halogenated alkanes) is 1. The van der Waals surface area contributed by atoms with Gasteiger partial charge in [-0.3, -0.25) is 0 Å². The Morgan fingerprint density at radius 2 is 1.79 bits per heavy atom. The summed E-state index contributed by atoms with van der Waals surface area (Å²) in [6.45, 7) is 8.05. The third kappa shape index (κ3) is 9.36. The van der Waals surface area contributed by atoms with E-state index in [9.17, 15) is 4.79 Å². The smallest absolute Gasteiger partial charge is 0.314 e. The van der Waals surface area contributed by atoms with Crippen LogP contribution in [-0.4, -0.2) is 19.1 Å². The van der Waals surface area contributed by atoms with Gasteiger partial charge in [0.05, 0.1) is 0 Å². The van der Waals surface area contributed by atoms with Gasteiger partial charge in [-0.15, -0.1) is 0 Å². The van der Waals surface area contributed by atoms with Gasteiger partial charge in [0.1, 0.15) is 0 Å². The first-order valence-electron chi connectivity index (χ1n) is 5.68. The normalized spacial score (nSPS) is 10.3. The Kier molecular flexibility index (Phi) is 8.39. The first-order chi connectivity index (χ1) is 6.66. The zero-order valence-corrected chi connectivity index (χ0v) is 9.73. The van der Waals surface area contributed by atoms with Crippen molar-refractivity contribution in [1.82, 2.24) is 10.6 Å². The first-order valence-corrected chi connectivity index (χ1v) is 5.68. The summed E-state index contributed by atoms with van der Waals surface area (Å²) in [6.07, 6.45) is 4.52. The van der Waals surface area contributed by atoms with E-state index in [1.54, 1.807) is 0 Å². The van der Waals surface area contributed by atoms with Crippen LogP contribution < -0.4 is 10.6 Å². The van der Waals surface area contributed by atoms with Crippen LogP contribution in [0.15, 0.2) is 0 Å². The highest BCUT2D eigenvalue weighted by Crippen LogP contribution is 2.04. The van der Waals surface area contributed by atoms with Crippen LogP contribution in [0.5, 0.6) is 0 Å². The minimum atomic E-state index is -0.0311. The van der Waals surface area contributed by atoms with Crippen LogP contribution in [0.2, 0.25) is 0 Å². The molecule has 0 bridgehead atoms. The lowest BCUT2D eigenvalue weighted by Gasteiger charge is -2.07. The van der Waals surface area contributed by atoms with Crippen molar-refractivity contribution in [2.24, 2.45) is 5.92 Å². The van der Waals surface area contributed by atoms with Crippen molar-refractivity contribution >= 4 is 6.03 Å². The van der Waals surface area contributed by atoms with Gasteiger partial charge in [-0.1, -0.05) is 33.6 Å². The van der Waals surface area contributed by atoms with Crippen molar-refractivity contribution in [3.8, 4) is 0 Å². The van der Waals surface area contributed by atoms with E-state index in [-0.39, 0.29) is 6.03 Å². The topological polar surface area (TPSA) is 41.1 Å². The Balaban J connectivity index is 3.15. The molecular formula is C11H24N2O. The molecule has 0 heterocycles. The van der Waals surface area contributed by atoms with Crippen molar-refractivity contribution in [3.05, 3.63) is 0 Å². The molecule has 0 aromatic carbocycles. The average Bonchev–Trinajstić information content (AvgIpc) is 2.13. The first kappa shape index (κ1) is 13.3. The van der Waals surface area contributed by atoms with Gasteiger partial charge in [0.2, 0.25) is 0 Å². The minimum absolute atomic E-state index is 0.0311. The molecule has 84 valence electrons. The van der Waals surface area contributed by atoms with Crippen LogP contribution in [0.1, 0.15) is 46.5 Å². The molecular weight excluding hydrogens is 176 g/mol. The number of urea groups is 1. The highest BCUT2D eigenvalue weighted by Gasteiger charge is 1.97. The molecule has 0 aliphatic carbocycles. The highest BCUT2D eigenvalue weighted by molar-refractivity contribution is 5.73. The maximum atomic E-state index is 11.1. The molecule has 2 N–H and O–H groups in total. The fraction of sp³-hybridized carbons (Fsp3) is 0.909. The monoisotopic (exact) mass is 200 g/mol. The van der Waals surface area contributed by atoms with E-state index in [1.807, 2.05) is 6.92 Å². The quantitative estimate of drug-likeness (QED) is 0.609. The number of carbonyl (C=O) groups excluding carboxylic acids is 1. The van der Waals surface area contributed by atoms with E-state index in [4.69, 9.17) is 0 Å². The number of hydrogen-bond acceptors (Lipinski definition) is 1. The summed E-state index contributed by atoms with van der Waals surface area (Å²) in [5.74, 6) is 0.768. The molecule has 0 aromatic rings. The van der Waals surface area contributed by atoms with Crippen molar-refractivity contribution in [3.63, 3.8) is 0 Å². The molecule has 0 aliphatic heterocycles. The molecule has 0 aliphatic rings. The van der Waals surface area contributed by atoms with E-state index in [1.165, 1.54) is 12.8 Å².